The van der Waals surface area contributed by atoms with E-state index in [1.807, 2.05) is 27.7 Å². The summed E-state index contributed by atoms with van der Waals surface area (Å²) in [6, 6.07) is 21.0. The molecular formula is C46H48N4O12. The van der Waals surface area contributed by atoms with Crippen molar-refractivity contribution in [2.24, 2.45) is 0 Å². The molecule has 4 aliphatic heterocycles. The Morgan fingerprint density at radius 3 is 1.10 bits per heavy atom. The predicted octanol–water partition coefficient (Wildman–Crippen LogP) is 8.50. The van der Waals surface area contributed by atoms with Gasteiger partial charge in [0, 0.05) is 85.9 Å². The van der Waals surface area contributed by atoms with Gasteiger partial charge in [-0.2, -0.15) is 0 Å². The molecule has 4 N–H and O–H groups in total. The quantitative estimate of drug-likeness (QED) is 0.124. The molecule has 4 aliphatic rings. The molecule has 0 saturated heterocycles. The van der Waals surface area contributed by atoms with Crippen LogP contribution in [-0.4, -0.2) is 48.8 Å². The number of anilines is 4. The molecule has 0 aromatic heterocycles. The highest BCUT2D eigenvalue weighted by molar-refractivity contribution is 6.03. The minimum absolute atomic E-state index is 0.200. The zero-order valence-corrected chi connectivity index (χ0v) is 35.2. The van der Waals surface area contributed by atoms with Gasteiger partial charge in [0.1, 0.15) is 0 Å². The van der Waals surface area contributed by atoms with Gasteiger partial charge in [0.25, 0.3) is 11.8 Å². The number of hydrogen-bond acceptors (Lipinski definition) is 12. The summed E-state index contributed by atoms with van der Waals surface area (Å²) in [5.41, 5.74) is 3.59. The van der Waals surface area contributed by atoms with E-state index in [0.717, 1.165) is 0 Å². The summed E-state index contributed by atoms with van der Waals surface area (Å²) in [6.45, 7) is 25.0. The summed E-state index contributed by atoms with van der Waals surface area (Å²) < 4.78 is 42.8. The highest BCUT2D eigenvalue weighted by atomic mass is 16.7. The van der Waals surface area contributed by atoms with Crippen molar-refractivity contribution in [3.05, 3.63) is 122 Å². The second-order valence-corrected chi connectivity index (χ2v) is 14.5. The lowest BCUT2D eigenvalue weighted by Crippen LogP contribution is -2.29. The molecule has 0 fully saturated rings. The Balaban J connectivity index is 0.000000156. The lowest BCUT2D eigenvalue weighted by Gasteiger charge is -2.16. The number of benzene rings is 4. The molecule has 4 aromatic rings. The zero-order chi connectivity index (χ0) is 45.2. The van der Waals surface area contributed by atoms with Crippen LogP contribution in [0.1, 0.15) is 41.5 Å². The van der Waals surface area contributed by atoms with Crippen molar-refractivity contribution in [1.82, 2.24) is 0 Å². The molecular weight excluding hydrogens is 801 g/mol. The third-order valence-electron chi connectivity index (χ3n) is 8.25. The van der Waals surface area contributed by atoms with Crippen LogP contribution in [0.25, 0.3) is 0 Å². The number of carbonyl (C=O) groups excluding carboxylic acids is 4. The van der Waals surface area contributed by atoms with Gasteiger partial charge in [0.05, 0.1) is 0 Å². The number of rotatable bonds is 8. The van der Waals surface area contributed by atoms with Crippen molar-refractivity contribution in [3.63, 3.8) is 0 Å². The fraction of sp³-hybridized carbons (Fsp3) is 0.217. The number of fused-ring (bicyclic) bond motifs is 4. The van der Waals surface area contributed by atoms with Gasteiger partial charge in [-0.3, -0.25) is 19.2 Å². The van der Waals surface area contributed by atoms with Gasteiger partial charge in [-0.25, -0.2) is 0 Å². The summed E-state index contributed by atoms with van der Waals surface area (Å²) >= 11 is 0. The highest BCUT2D eigenvalue weighted by Gasteiger charge is 2.32. The monoisotopic (exact) mass is 848 g/mol. The molecule has 4 heterocycles. The van der Waals surface area contributed by atoms with Gasteiger partial charge in [-0.1, -0.05) is 26.3 Å². The molecule has 0 spiro atoms. The maximum atomic E-state index is 11.5. The van der Waals surface area contributed by atoms with E-state index < -0.39 is 11.6 Å². The Hall–Kier alpha value is -7.88. The van der Waals surface area contributed by atoms with E-state index in [2.05, 4.69) is 47.6 Å². The Labute approximate surface area is 359 Å². The lowest BCUT2D eigenvalue weighted by molar-refractivity contribution is -0.113. The van der Waals surface area contributed by atoms with Crippen LogP contribution >= 0.6 is 0 Å². The van der Waals surface area contributed by atoms with Gasteiger partial charge in [0.15, 0.2) is 46.0 Å². The van der Waals surface area contributed by atoms with Gasteiger partial charge >= 0.3 is 0 Å². The van der Waals surface area contributed by atoms with E-state index in [4.69, 9.17) is 37.9 Å². The number of ether oxygens (including phenoxy) is 8. The minimum atomic E-state index is -0.653. The first-order valence-electron chi connectivity index (χ1n) is 19.0. The van der Waals surface area contributed by atoms with Crippen molar-refractivity contribution in [3.8, 4) is 46.0 Å². The van der Waals surface area contributed by atoms with Crippen LogP contribution in [0, 0.1) is 0 Å². The SMILES string of the molecule is C=C(C)C(=O)Nc1ccc2c(c1)OC(C)(C)O2.C=C(C)C(=O)Nc1ccc2c(c1)OCO2.C=CC(=O)Nc1ccc2c(c1)OC(C)(C)O2.C=CC(=O)Nc1ccc2c(c1)OCO2. The molecule has 62 heavy (non-hydrogen) atoms. The first-order chi connectivity index (χ1) is 29.3. The highest BCUT2D eigenvalue weighted by Crippen LogP contribution is 2.42. The summed E-state index contributed by atoms with van der Waals surface area (Å²) in [5, 5.41) is 10.7. The van der Waals surface area contributed by atoms with Crippen molar-refractivity contribution in [1.29, 1.82) is 0 Å². The van der Waals surface area contributed by atoms with E-state index in [-0.39, 0.29) is 37.2 Å². The van der Waals surface area contributed by atoms with Crippen LogP contribution in [0.3, 0.4) is 0 Å². The average Bonchev–Trinajstić information content (AvgIpc) is 4.01. The summed E-state index contributed by atoms with van der Waals surface area (Å²) in [7, 11) is 0. The summed E-state index contributed by atoms with van der Waals surface area (Å²) in [4.78, 5) is 44.9. The van der Waals surface area contributed by atoms with Gasteiger partial charge in [-0.05, 0) is 74.5 Å². The van der Waals surface area contributed by atoms with Gasteiger partial charge in [0.2, 0.25) is 37.0 Å². The normalized spacial score (nSPS) is 14.0. The van der Waals surface area contributed by atoms with E-state index in [1.165, 1.54) is 12.2 Å². The molecule has 0 atom stereocenters. The second-order valence-electron chi connectivity index (χ2n) is 14.5. The van der Waals surface area contributed by atoms with Crippen LogP contribution in [0.4, 0.5) is 22.7 Å². The minimum Gasteiger partial charge on any atom is -0.454 e. The first-order valence-corrected chi connectivity index (χ1v) is 19.0. The van der Waals surface area contributed by atoms with E-state index in [1.54, 1.807) is 86.6 Å². The molecule has 0 unspecified atom stereocenters. The Morgan fingerprint density at radius 2 is 0.758 bits per heavy atom. The van der Waals surface area contributed by atoms with Crippen LogP contribution in [-0.2, 0) is 19.2 Å². The predicted molar refractivity (Wildman–Crippen MR) is 233 cm³/mol. The molecule has 8 rings (SSSR count). The Kier molecular flexibility index (Phi) is 14.2. The smallest absolute Gasteiger partial charge is 0.250 e. The van der Waals surface area contributed by atoms with Gasteiger partial charge < -0.3 is 59.2 Å². The van der Waals surface area contributed by atoms with E-state index in [9.17, 15) is 19.2 Å². The average molecular weight is 849 g/mol. The molecule has 0 bridgehead atoms. The summed E-state index contributed by atoms with van der Waals surface area (Å²) in [6.07, 6.45) is 2.43. The fourth-order valence-electron chi connectivity index (χ4n) is 5.41. The van der Waals surface area contributed by atoms with Crippen molar-refractivity contribution in [2.45, 2.75) is 53.1 Å². The largest absolute Gasteiger partial charge is 0.454 e. The van der Waals surface area contributed by atoms with Crippen LogP contribution in [0.15, 0.2) is 122 Å². The molecule has 4 aromatic carbocycles. The van der Waals surface area contributed by atoms with Gasteiger partial charge in [-0.15, -0.1) is 0 Å². The summed E-state index contributed by atoms with van der Waals surface area (Å²) in [5.74, 6) is 3.11. The van der Waals surface area contributed by atoms with Crippen molar-refractivity contribution >= 4 is 46.4 Å². The standard InChI is InChI=1S/C13H15NO3.C12H13NO3.C11H11NO3.C10H9NO3/c1-8(2)12(15)14-9-5-6-10-11(7-9)17-13(3,4)16-10;1-4-11(14)13-8-5-6-9-10(7-8)16-12(2,3)15-9;1-7(2)11(13)12-8-3-4-9-10(5-8)15-6-14-9;1-2-10(12)11-7-3-4-8-9(5-7)14-6-13-8/h5-7H,1H2,2-4H3,(H,14,15);4-7H,1H2,2-3H3,(H,13,14);3-5H,1,6H2,2H3,(H,12,13);2-5H,1,6H2,(H,11,12). The van der Waals surface area contributed by atoms with E-state index in [0.29, 0.717) is 79.9 Å². The Morgan fingerprint density at radius 1 is 0.468 bits per heavy atom. The molecule has 0 radical (unpaired) electrons. The number of amides is 4. The maximum Gasteiger partial charge on any atom is 0.250 e. The molecule has 0 saturated carbocycles. The first kappa shape index (κ1) is 45.2. The lowest BCUT2D eigenvalue weighted by atomic mass is 10.2. The molecule has 324 valence electrons. The number of hydrogen-bond donors (Lipinski definition) is 4. The van der Waals surface area contributed by atoms with E-state index >= 15 is 0 Å². The molecule has 16 nitrogen and oxygen atoms in total. The molecule has 0 aliphatic carbocycles. The third-order valence-corrected chi connectivity index (χ3v) is 8.25. The Bertz CT molecular complexity index is 2420. The van der Waals surface area contributed by atoms with Crippen molar-refractivity contribution in [2.75, 3.05) is 34.9 Å². The number of carbonyl (C=O) groups is 4. The topological polar surface area (TPSA) is 190 Å². The van der Waals surface area contributed by atoms with Crippen molar-refractivity contribution < 1.29 is 57.1 Å². The third kappa shape index (κ3) is 12.6. The molecule has 16 heteroatoms. The second kappa shape index (κ2) is 19.5. The van der Waals surface area contributed by atoms with Crippen LogP contribution in [0.2, 0.25) is 0 Å². The number of nitrogens with one attached hydrogen (secondary N) is 4. The zero-order valence-electron chi connectivity index (χ0n) is 35.2. The van der Waals surface area contributed by atoms with Crippen LogP contribution < -0.4 is 59.2 Å². The van der Waals surface area contributed by atoms with Crippen LogP contribution in [0.5, 0.6) is 46.0 Å². The molecule has 4 amide bonds. The maximum absolute atomic E-state index is 11.5. The fourth-order valence-corrected chi connectivity index (χ4v) is 5.41.